The van der Waals surface area contributed by atoms with E-state index in [2.05, 4.69) is 23.5 Å². The number of hydrogen-bond donors (Lipinski definition) is 3. The van der Waals surface area contributed by atoms with Crippen molar-refractivity contribution in [2.75, 3.05) is 13.2 Å². The molecule has 1 aromatic carbocycles. The zero-order valence-corrected chi connectivity index (χ0v) is 11.7. The van der Waals surface area contributed by atoms with E-state index in [-0.39, 0.29) is 12.6 Å². The molecule has 2 atom stereocenters. The quantitative estimate of drug-likeness (QED) is 0.688. The molecule has 1 aliphatic carbocycles. The Balaban J connectivity index is 2.00. The van der Waals surface area contributed by atoms with Crippen LogP contribution in [-0.4, -0.2) is 29.4 Å². The highest BCUT2D eigenvalue weighted by Gasteiger charge is 2.18. The summed E-state index contributed by atoms with van der Waals surface area (Å²) in [4.78, 5) is 0. The normalized spacial score (nSPS) is 17.8. The zero-order chi connectivity index (χ0) is 13.7. The lowest BCUT2D eigenvalue weighted by molar-refractivity contribution is 0.134. The summed E-state index contributed by atoms with van der Waals surface area (Å²) in [5.41, 5.74) is 3.86. The lowest BCUT2D eigenvalue weighted by Crippen LogP contribution is -2.33. The molecule has 2 rings (SSSR count). The Morgan fingerprint density at radius 1 is 1.21 bits per heavy atom. The molecule has 0 radical (unpaired) electrons. The maximum absolute atomic E-state index is 10.4. The van der Waals surface area contributed by atoms with Gasteiger partial charge in [-0.2, -0.15) is 0 Å². The van der Waals surface area contributed by atoms with Crippen molar-refractivity contribution in [1.82, 2.24) is 5.32 Å². The Morgan fingerprint density at radius 3 is 2.68 bits per heavy atom. The summed E-state index contributed by atoms with van der Waals surface area (Å²) in [5, 5.41) is 22.4. The van der Waals surface area contributed by atoms with Crippen LogP contribution in [0.1, 0.15) is 49.0 Å². The van der Waals surface area contributed by atoms with Crippen molar-refractivity contribution in [3.05, 3.63) is 34.9 Å². The standard InChI is InChI=1S/C16H25NO2/c1-12(17-9-4-10-18)16(19)15-8-7-13-5-2-3-6-14(13)11-15/h7-8,11-12,16-19H,2-6,9-10H2,1H3. The SMILES string of the molecule is CC(NCCCO)C(O)c1ccc2c(c1)CCCC2. The molecule has 2 unspecified atom stereocenters. The van der Waals surface area contributed by atoms with Crippen LogP contribution >= 0.6 is 0 Å². The predicted octanol–water partition coefficient (Wildman–Crippen LogP) is 1.96. The van der Waals surface area contributed by atoms with Crippen LogP contribution in [0, 0.1) is 0 Å². The largest absolute Gasteiger partial charge is 0.396 e. The highest BCUT2D eigenvalue weighted by atomic mass is 16.3. The fourth-order valence-corrected chi connectivity index (χ4v) is 2.75. The van der Waals surface area contributed by atoms with Crippen LogP contribution in [0.5, 0.6) is 0 Å². The van der Waals surface area contributed by atoms with Crippen LogP contribution in [0.2, 0.25) is 0 Å². The van der Waals surface area contributed by atoms with Gasteiger partial charge in [-0.25, -0.2) is 0 Å². The molecule has 1 aliphatic rings. The van der Waals surface area contributed by atoms with Crippen molar-refractivity contribution in [3.63, 3.8) is 0 Å². The Hall–Kier alpha value is -0.900. The number of fused-ring (bicyclic) bond motifs is 1. The number of aliphatic hydroxyl groups is 2. The van der Waals surface area contributed by atoms with Gasteiger partial charge in [0.15, 0.2) is 0 Å². The van der Waals surface area contributed by atoms with Gasteiger partial charge < -0.3 is 15.5 Å². The van der Waals surface area contributed by atoms with E-state index in [0.29, 0.717) is 0 Å². The highest BCUT2D eigenvalue weighted by molar-refractivity contribution is 5.35. The van der Waals surface area contributed by atoms with Crippen LogP contribution in [0.3, 0.4) is 0 Å². The topological polar surface area (TPSA) is 52.5 Å². The minimum Gasteiger partial charge on any atom is -0.396 e. The fraction of sp³-hybridized carbons (Fsp3) is 0.625. The molecule has 0 spiro atoms. The van der Waals surface area contributed by atoms with E-state index in [0.717, 1.165) is 24.9 Å². The second-order valence-corrected chi connectivity index (χ2v) is 5.50. The number of benzene rings is 1. The van der Waals surface area contributed by atoms with Gasteiger partial charge in [-0.3, -0.25) is 0 Å². The van der Waals surface area contributed by atoms with Crippen molar-refractivity contribution in [2.24, 2.45) is 0 Å². The number of nitrogens with one attached hydrogen (secondary N) is 1. The Kier molecular flexibility index (Phi) is 5.37. The lowest BCUT2D eigenvalue weighted by atomic mass is 9.89. The van der Waals surface area contributed by atoms with E-state index in [1.54, 1.807) is 0 Å². The van der Waals surface area contributed by atoms with Gasteiger partial charge in [0.25, 0.3) is 0 Å². The molecule has 3 heteroatoms. The molecule has 0 aromatic heterocycles. The van der Waals surface area contributed by atoms with E-state index >= 15 is 0 Å². The average Bonchev–Trinajstić information content (AvgIpc) is 2.46. The molecule has 0 amide bonds. The third-order valence-electron chi connectivity index (χ3n) is 3.99. The molecule has 0 heterocycles. The molecule has 0 bridgehead atoms. The molecule has 106 valence electrons. The van der Waals surface area contributed by atoms with E-state index in [1.807, 2.05) is 6.92 Å². The average molecular weight is 263 g/mol. The Morgan fingerprint density at radius 2 is 1.95 bits per heavy atom. The van der Waals surface area contributed by atoms with Gasteiger partial charge in [0.05, 0.1) is 6.10 Å². The summed E-state index contributed by atoms with van der Waals surface area (Å²) in [6, 6.07) is 6.41. The van der Waals surface area contributed by atoms with Crippen molar-refractivity contribution >= 4 is 0 Å². The first kappa shape index (κ1) is 14.5. The van der Waals surface area contributed by atoms with Crippen molar-refractivity contribution in [3.8, 4) is 0 Å². The molecular weight excluding hydrogens is 238 g/mol. The minimum atomic E-state index is -0.481. The van der Waals surface area contributed by atoms with Gasteiger partial charge in [0.2, 0.25) is 0 Å². The van der Waals surface area contributed by atoms with Gasteiger partial charge in [-0.1, -0.05) is 18.2 Å². The maximum atomic E-state index is 10.4. The van der Waals surface area contributed by atoms with Crippen LogP contribution in [-0.2, 0) is 12.8 Å². The second kappa shape index (κ2) is 7.04. The summed E-state index contributed by atoms with van der Waals surface area (Å²) in [7, 11) is 0. The highest BCUT2D eigenvalue weighted by Crippen LogP contribution is 2.26. The zero-order valence-electron chi connectivity index (χ0n) is 11.7. The molecule has 19 heavy (non-hydrogen) atoms. The first-order chi connectivity index (χ1) is 9.22. The van der Waals surface area contributed by atoms with Gasteiger partial charge >= 0.3 is 0 Å². The summed E-state index contributed by atoms with van der Waals surface area (Å²) < 4.78 is 0. The second-order valence-electron chi connectivity index (χ2n) is 5.50. The van der Waals surface area contributed by atoms with E-state index < -0.39 is 6.10 Å². The number of aliphatic hydroxyl groups excluding tert-OH is 2. The Labute approximate surface area is 115 Å². The molecule has 0 aliphatic heterocycles. The fourth-order valence-electron chi connectivity index (χ4n) is 2.75. The molecule has 0 saturated carbocycles. The van der Waals surface area contributed by atoms with E-state index in [1.165, 1.54) is 30.4 Å². The van der Waals surface area contributed by atoms with Crippen LogP contribution in [0.15, 0.2) is 18.2 Å². The van der Waals surface area contributed by atoms with Gasteiger partial charge in [-0.05, 0) is 62.3 Å². The van der Waals surface area contributed by atoms with Crippen molar-refractivity contribution in [1.29, 1.82) is 0 Å². The summed E-state index contributed by atoms with van der Waals surface area (Å²) >= 11 is 0. The monoisotopic (exact) mass is 263 g/mol. The third kappa shape index (κ3) is 3.78. The smallest absolute Gasteiger partial charge is 0.0940 e. The van der Waals surface area contributed by atoms with E-state index in [4.69, 9.17) is 5.11 Å². The number of aryl methyl sites for hydroxylation is 2. The summed E-state index contributed by atoms with van der Waals surface area (Å²) in [5.74, 6) is 0. The molecule has 0 saturated heterocycles. The molecule has 3 N–H and O–H groups in total. The van der Waals surface area contributed by atoms with Crippen molar-refractivity contribution in [2.45, 2.75) is 51.2 Å². The van der Waals surface area contributed by atoms with Crippen molar-refractivity contribution < 1.29 is 10.2 Å². The lowest BCUT2D eigenvalue weighted by Gasteiger charge is -2.23. The number of hydrogen-bond acceptors (Lipinski definition) is 3. The first-order valence-electron chi connectivity index (χ1n) is 7.36. The third-order valence-corrected chi connectivity index (χ3v) is 3.99. The first-order valence-corrected chi connectivity index (χ1v) is 7.36. The summed E-state index contributed by atoms with van der Waals surface area (Å²) in [6.45, 7) is 2.91. The predicted molar refractivity (Wildman–Crippen MR) is 77.2 cm³/mol. The molecular formula is C16H25NO2. The van der Waals surface area contributed by atoms with Gasteiger partial charge in [0, 0.05) is 12.6 Å². The molecule has 1 aromatic rings. The van der Waals surface area contributed by atoms with Crippen LogP contribution in [0.4, 0.5) is 0 Å². The minimum absolute atomic E-state index is 0.00758. The molecule has 3 nitrogen and oxygen atoms in total. The van der Waals surface area contributed by atoms with Crippen LogP contribution in [0.25, 0.3) is 0 Å². The number of rotatable bonds is 6. The maximum Gasteiger partial charge on any atom is 0.0940 e. The van der Waals surface area contributed by atoms with E-state index in [9.17, 15) is 5.11 Å². The molecule has 0 fully saturated rings. The van der Waals surface area contributed by atoms with Crippen LogP contribution < -0.4 is 5.32 Å². The Bertz CT molecular complexity index is 406. The summed E-state index contributed by atoms with van der Waals surface area (Å²) in [6.07, 6.45) is 5.11. The van der Waals surface area contributed by atoms with Gasteiger partial charge in [0.1, 0.15) is 0 Å². The van der Waals surface area contributed by atoms with Gasteiger partial charge in [-0.15, -0.1) is 0 Å².